The van der Waals surface area contributed by atoms with Crippen molar-refractivity contribution < 1.29 is 59.1 Å². The Morgan fingerprint density at radius 3 is 2.13 bits per heavy atom. The first kappa shape index (κ1) is 48.9. The van der Waals surface area contributed by atoms with Gasteiger partial charge in [-0.1, -0.05) is 75.5 Å². The lowest BCUT2D eigenvalue weighted by Crippen LogP contribution is -2.42. The minimum atomic E-state index is -1.52. The van der Waals surface area contributed by atoms with E-state index in [4.69, 9.17) is 0 Å². The van der Waals surface area contributed by atoms with Gasteiger partial charge < -0.3 is 36.2 Å². The largest absolute Gasteiger partial charge is 0.507 e. The average Bonchev–Trinajstić information content (AvgIpc) is 3.19. The van der Waals surface area contributed by atoms with Crippen molar-refractivity contribution in [1.29, 1.82) is 0 Å². The summed E-state index contributed by atoms with van der Waals surface area (Å²) in [4.78, 5) is 92.7. The van der Waals surface area contributed by atoms with E-state index in [2.05, 4.69) is 10.6 Å². The fourth-order valence-corrected chi connectivity index (χ4v) is 7.43. The predicted molar refractivity (Wildman–Crippen MR) is 227 cm³/mol. The number of rotatable bonds is 5. The molecule has 4 bridgehead atoms. The van der Waals surface area contributed by atoms with Crippen molar-refractivity contribution in [1.82, 2.24) is 10.6 Å². The van der Waals surface area contributed by atoms with Crippen molar-refractivity contribution in [3.63, 3.8) is 0 Å². The summed E-state index contributed by atoms with van der Waals surface area (Å²) in [6.07, 6.45) is 10.7. The molecule has 15 heteroatoms. The second-order valence-corrected chi connectivity index (χ2v) is 16.2. The minimum absolute atomic E-state index is 0.00686. The number of aliphatic carboxylic acids is 1. The summed E-state index contributed by atoms with van der Waals surface area (Å²) in [5.41, 5.74) is -1.25. The van der Waals surface area contributed by atoms with Gasteiger partial charge in [-0.15, -0.1) is 11.8 Å². The third-order valence-electron chi connectivity index (χ3n) is 10.2. The Labute approximate surface area is 353 Å². The van der Waals surface area contributed by atoms with Crippen LogP contribution in [0.15, 0.2) is 88.1 Å². The molecule has 0 aromatic heterocycles. The van der Waals surface area contributed by atoms with Crippen molar-refractivity contribution in [3.8, 4) is 5.75 Å². The van der Waals surface area contributed by atoms with Crippen LogP contribution in [-0.2, 0) is 19.2 Å². The Morgan fingerprint density at radius 1 is 0.833 bits per heavy atom. The quantitative estimate of drug-likeness (QED) is 0.198. The summed E-state index contributed by atoms with van der Waals surface area (Å²) in [6, 6.07) is -0.311. The van der Waals surface area contributed by atoms with Crippen molar-refractivity contribution in [2.45, 2.75) is 92.6 Å². The zero-order valence-electron chi connectivity index (χ0n) is 34.9. The van der Waals surface area contributed by atoms with Gasteiger partial charge in [0.05, 0.1) is 28.8 Å². The summed E-state index contributed by atoms with van der Waals surface area (Å²) < 4.78 is 0. The van der Waals surface area contributed by atoms with Crippen LogP contribution < -0.4 is 10.6 Å². The molecule has 0 spiro atoms. The number of phenolic OH excluding ortho intramolecular Hbond substituents is 1. The highest BCUT2D eigenvalue weighted by molar-refractivity contribution is 8.04. The molecule has 14 nitrogen and oxygen atoms in total. The molecule has 2 heterocycles. The minimum Gasteiger partial charge on any atom is -0.507 e. The standard InChI is InChI=1S/C45H54N2O12S/c1-22-12-10-9-11-13-25(4)44(57)47-37-41(55)31-19-28(7)40(54)36(35(31)42(56)43(37)60-21-32(45(58)59)46-29(8)48)39(53)27(6)18-26(5)38(52)24(3)15-17-30(49)16-14-23(2)34(51)20-33(22)50/h9-15,17-19,22,24,26,30,32-33,38,49-50,52,54H,16,20-21H2,1-8H3,(H,46,48)(H,47,57)(H,58,59)/b11-9-,12-10+,17-15+,23-14+,25-13-,27-18+/t22-,24+,26-,30+,32+,33+,38-/m1/s1. The van der Waals surface area contributed by atoms with Crippen molar-refractivity contribution in [2.75, 3.05) is 5.75 Å². The zero-order chi connectivity index (χ0) is 45.2. The number of carbonyl (C=O) groups excluding carboxylic acids is 6. The maximum absolute atomic E-state index is 14.5. The van der Waals surface area contributed by atoms with Gasteiger partial charge in [-0.2, -0.15) is 0 Å². The summed E-state index contributed by atoms with van der Waals surface area (Å²) >= 11 is 0.561. The van der Waals surface area contributed by atoms with Crippen LogP contribution in [0.2, 0.25) is 0 Å². The summed E-state index contributed by atoms with van der Waals surface area (Å²) in [5, 5.41) is 58.2. The lowest BCUT2D eigenvalue weighted by atomic mass is 9.83. The molecule has 0 unspecified atom stereocenters. The van der Waals surface area contributed by atoms with Crippen LogP contribution in [-0.4, -0.2) is 96.6 Å². The Bertz CT molecular complexity index is 2140. The topological polar surface area (TPSA) is 245 Å². The lowest BCUT2D eigenvalue weighted by Gasteiger charge is -2.25. The maximum Gasteiger partial charge on any atom is 0.327 e. The highest BCUT2D eigenvalue weighted by Crippen LogP contribution is 2.40. The van der Waals surface area contributed by atoms with Gasteiger partial charge in [-0.05, 0) is 56.9 Å². The fraction of sp³-hybridized carbons (Fsp3) is 0.400. The van der Waals surface area contributed by atoms with E-state index in [0.717, 1.165) is 6.92 Å². The third-order valence-corrected chi connectivity index (χ3v) is 11.4. The molecule has 1 aromatic rings. The molecule has 4 rings (SSSR count). The molecular formula is C45H54N2O12S. The molecule has 7 N–H and O–H groups in total. The normalized spacial score (nSPS) is 29.0. The Hall–Kier alpha value is -5.48. The Morgan fingerprint density at radius 2 is 1.50 bits per heavy atom. The van der Waals surface area contributed by atoms with Crippen LogP contribution in [0.5, 0.6) is 5.75 Å². The number of phenols is 1. The number of nitrogens with one attached hydrogen (secondary N) is 2. The van der Waals surface area contributed by atoms with E-state index in [9.17, 15) is 59.1 Å². The molecule has 0 saturated heterocycles. The first-order valence-corrected chi connectivity index (χ1v) is 20.4. The van der Waals surface area contributed by atoms with E-state index in [1.165, 1.54) is 51.1 Å². The molecule has 3 aliphatic rings. The average molecular weight is 847 g/mol. The number of allylic oxidation sites excluding steroid dienone is 8. The van der Waals surface area contributed by atoms with Crippen LogP contribution >= 0.6 is 11.8 Å². The van der Waals surface area contributed by atoms with Crippen molar-refractivity contribution in [3.05, 3.63) is 110 Å². The highest BCUT2D eigenvalue weighted by atomic mass is 32.2. The number of aromatic hydroxyl groups is 1. The molecule has 1 aliphatic carbocycles. The fourth-order valence-electron chi connectivity index (χ4n) is 6.35. The van der Waals surface area contributed by atoms with Gasteiger partial charge in [0.2, 0.25) is 17.5 Å². The van der Waals surface area contributed by atoms with E-state index in [-0.39, 0.29) is 40.9 Å². The van der Waals surface area contributed by atoms with Gasteiger partial charge in [-0.3, -0.25) is 28.8 Å². The third kappa shape index (κ3) is 12.5. The number of thioether (sulfide) groups is 1. The van der Waals surface area contributed by atoms with Crippen molar-refractivity contribution >= 4 is 52.7 Å². The van der Waals surface area contributed by atoms with Crippen LogP contribution in [0.3, 0.4) is 0 Å². The molecule has 322 valence electrons. The number of hydrogen-bond acceptors (Lipinski definition) is 12. The number of ketones is 4. The predicted octanol–water partition coefficient (Wildman–Crippen LogP) is 4.77. The second-order valence-electron chi connectivity index (χ2n) is 15.2. The number of carboxylic acids is 1. The van der Waals surface area contributed by atoms with E-state index < -0.39 is 110 Å². The van der Waals surface area contributed by atoms with Gasteiger partial charge in [0.25, 0.3) is 5.91 Å². The zero-order valence-corrected chi connectivity index (χ0v) is 35.8. The summed E-state index contributed by atoms with van der Waals surface area (Å²) in [7, 11) is 0. The SMILES string of the molecule is CC(=O)N[C@@H](CSC1=C2NC(=O)\C(C)=C/C=C\C=C\[C@@H](C)[C@@H](O)CC(=O)/C(C)=C/C[C@H](O)/C=C/[C@H](C)[C@@H](O)[C@H](C)/C=C(\C)C(=O)c3c(O)c(C)cc(c3C1=O)C2=O)C(=O)O. The second kappa shape index (κ2) is 21.7. The van der Waals surface area contributed by atoms with Gasteiger partial charge in [0, 0.05) is 53.6 Å². The van der Waals surface area contributed by atoms with E-state index in [0.29, 0.717) is 17.3 Å². The molecule has 2 aliphatic heterocycles. The number of aliphatic hydroxyl groups excluding tert-OH is 3. The number of aliphatic hydroxyl groups is 3. The van der Waals surface area contributed by atoms with Gasteiger partial charge >= 0.3 is 5.97 Å². The number of Topliss-reactive ketones (excluding diaryl/α,β-unsaturated/α-hetero) is 4. The van der Waals surface area contributed by atoms with E-state index >= 15 is 0 Å². The molecule has 2 amide bonds. The van der Waals surface area contributed by atoms with E-state index in [1.54, 1.807) is 58.1 Å². The number of fused-ring (bicyclic) bond motifs is 18. The highest BCUT2D eigenvalue weighted by Gasteiger charge is 2.39. The van der Waals surface area contributed by atoms with Gasteiger partial charge in [0.15, 0.2) is 11.6 Å². The van der Waals surface area contributed by atoms with Gasteiger partial charge in [-0.25, -0.2) is 4.79 Å². The van der Waals surface area contributed by atoms with Crippen molar-refractivity contribution in [2.24, 2.45) is 17.8 Å². The lowest BCUT2D eigenvalue weighted by molar-refractivity contribution is -0.140. The molecule has 0 saturated carbocycles. The molecule has 7 atom stereocenters. The number of benzene rings is 1. The molecule has 0 fully saturated rings. The monoisotopic (exact) mass is 846 g/mol. The first-order valence-electron chi connectivity index (χ1n) is 19.4. The van der Waals surface area contributed by atoms with Crippen LogP contribution in [0.25, 0.3) is 0 Å². The number of hydrogen-bond donors (Lipinski definition) is 7. The summed E-state index contributed by atoms with van der Waals surface area (Å²) in [5.74, 6) is -8.66. The number of amides is 2. The molecule has 0 radical (unpaired) electrons. The van der Waals surface area contributed by atoms with Crippen LogP contribution in [0, 0.1) is 24.7 Å². The Balaban J connectivity index is 2.22. The Kier molecular flexibility index (Phi) is 17.7. The molecular weight excluding hydrogens is 793 g/mol. The van der Waals surface area contributed by atoms with Crippen LogP contribution in [0.1, 0.15) is 97.9 Å². The van der Waals surface area contributed by atoms with E-state index in [1.807, 2.05) is 0 Å². The van der Waals surface area contributed by atoms with Gasteiger partial charge in [0.1, 0.15) is 17.5 Å². The number of carbonyl (C=O) groups is 7. The summed E-state index contributed by atoms with van der Waals surface area (Å²) in [6.45, 7) is 12.0. The number of aryl methyl sites for hydroxylation is 1. The number of carboxylic acid groups (broad SMARTS) is 1. The molecule has 60 heavy (non-hydrogen) atoms. The maximum atomic E-state index is 14.5. The molecule has 1 aromatic carbocycles. The smallest absolute Gasteiger partial charge is 0.327 e. The van der Waals surface area contributed by atoms with Crippen LogP contribution in [0.4, 0.5) is 0 Å². The first-order chi connectivity index (χ1) is 28.1.